The molecule has 4 nitrogen and oxygen atoms in total. The second-order valence-electron chi connectivity index (χ2n) is 5.88. The monoisotopic (exact) mass is 291 g/mol. The molecule has 0 amide bonds. The molecule has 0 aromatic heterocycles. The Morgan fingerprint density at radius 1 is 1.43 bits per heavy atom. The smallest absolute Gasteiger partial charge is 0.338 e. The molecule has 1 aromatic carbocycles. The normalized spacial score (nSPS) is 18.7. The summed E-state index contributed by atoms with van der Waals surface area (Å²) in [5, 5.41) is 3.38. The van der Waals surface area contributed by atoms with Crippen molar-refractivity contribution >= 4 is 5.97 Å². The van der Waals surface area contributed by atoms with Crippen LogP contribution in [0.3, 0.4) is 0 Å². The van der Waals surface area contributed by atoms with E-state index < -0.39 is 0 Å². The fraction of sp³-hybridized carbons (Fsp3) is 0.588. The van der Waals surface area contributed by atoms with Gasteiger partial charge in [0.1, 0.15) is 0 Å². The van der Waals surface area contributed by atoms with Crippen molar-refractivity contribution in [3.05, 3.63) is 35.4 Å². The van der Waals surface area contributed by atoms with Crippen molar-refractivity contribution in [1.82, 2.24) is 5.32 Å². The van der Waals surface area contributed by atoms with Gasteiger partial charge in [-0.05, 0) is 56.8 Å². The van der Waals surface area contributed by atoms with E-state index in [1.165, 1.54) is 12.8 Å². The summed E-state index contributed by atoms with van der Waals surface area (Å²) in [5.41, 5.74) is 1.60. The number of benzene rings is 1. The number of carbonyl (C=O) groups excluding carboxylic acids is 1. The van der Waals surface area contributed by atoms with Crippen molar-refractivity contribution in [2.24, 2.45) is 5.92 Å². The summed E-state index contributed by atoms with van der Waals surface area (Å²) < 4.78 is 11.0. The van der Waals surface area contributed by atoms with Crippen LogP contribution in [0, 0.1) is 5.92 Å². The van der Waals surface area contributed by atoms with Gasteiger partial charge in [0, 0.05) is 6.54 Å². The molecule has 21 heavy (non-hydrogen) atoms. The lowest BCUT2D eigenvalue weighted by atomic mass is 10.0. The van der Waals surface area contributed by atoms with Crippen molar-refractivity contribution in [1.29, 1.82) is 0 Å². The number of rotatable bonds is 6. The number of hydrogen-bond acceptors (Lipinski definition) is 4. The lowest BCUT2D eigenvalue weighted by Crippen LogP contribution is -2.32. The Hall–Kier alpha value is -1.39. The van der Waals surface area contributed by atoms with Gasteiger partial charge in [0.15, 0.2) is 0 Å². The molecule has 1 aliphatic rings. The van der Waals surface area contributed by atoms with Gasteiger partial charge in [-0.2, -0.15) is 0 Å². The van der Waals surface area contributed by atoms with E-state index in [-0.39, 0.29) is 12.1 Å². The van der Waals surface area contributed by atoms with Gasteiger partial charge in [-0.3, -0.25) is 0 Å². The molecule has 116 valence electrons. The number of hydrogen-bond donors (Lipinski definition) is 1. The number of ether oxygens (including phenoxy) is 2. The summed E-state index contributed by atoms with van der Waals surface area (Å²) in [4.78, 5) is 11.9. The molecule has 1 heterocycles. The minimum atomic E-state index is -0.275. The van der Waals surface area contributed by atoms with E-state index in [2.05, 4.69) is 5.32 Å². The summed E-state index contributed by atoms with van der Waals surface area (Å²) in [6, 6.07) is 7.48. The summed E-state index contributed by atoms with van der Waals surface area (Å²) in [6.45, 7) is 7.18. The topological polar surface area (TPSA) is 47.6 Å². The highest BCUT2D eigenvalue weighted by Gasteiger charge is 2.13. The highest BCUT2D eigenvalue weighted by atomic mass is 16.5. The number of piperidine rings is 1. The number of esters is 1. The van der Waals surface area contributed by atoms with E-state index in [0.29, 0.717) is 18.1 Å². The van der Waals surface area contributed by atoms with E-state index >= 15 is 0 Å². The van der Waals surface area contributed by atoms with Crippen LogP contribution in [0.25, 0.3) is 0 Å². The average Bonchev–Trinajstić information content (AvgIpc) is 2.48. The molecule has 2 rings (SSSR count). The second kappa shape index (κ2) is 8.15. The molecule has 1 unspecified atom stereocenters. The van der Waals surface area contributed by atoms with Gasteiger partial charge in [-0.25, -0.2) is 4.79 Å². The Labute approximate surface area is 126 Å². The van der Waals surface area contributed by atoms with Crippen LogP contribution in [-0.2, 0) is 16.1 Å². The molecule has 0 radical (unpaired) electrons. The number of carbonyl (C=O) groups is 1. The Morgan fingerprint density at radius 3 is 3.00 bits per heavy atom. The third kappa shape index (κ3) is 5.48. The standard InChI is InChI=1S/C17H25NO3/c1-13(2)21-17(19)16-7-3-5-14(9-16)11-20-12-15-6-4-8-18-10-15/h3,5,7,9,13,15,18H,4,6,8,10-12H2,1-2H3. The maximum atomic E-state index is 11.9. The van der Waals surface area contributed by atoms with E-state index in [0.717, 1.165) is 25.3 Å². The van der Waals surface area contributed by atoms with Crippen LogP contribution in [0.1, 0.15) is 42.6 Å². The molecule has 1 fully saturated rings. The zero-order chi connectivity index (χ0) is 15.1. The molecule has 4 heteroatoms. The predicted octanol–water partition coefficient (Wildman–Crippen LogP) is 2.77. The first-order valence-electron chi connectivity index (χ1n) is 7.73. The van der Waals surface area contributed by atoms with E-state index in [9.17, 15) is 4.79 Å². The zero-order valence-electron chi connectivity index (χ0n) is 12.9. The highest BCUT2D eigenvalue weighted by molar-refractivity contribution is 5.89. The zero-order valence-corrected chi connectivity index (χ0v) is 12.9. The molecule has 1 aromatic rings. The van der Waals surface area contributed by atoms with E-state index in [1.807, 2.05) is 32.0 Å². The minimum absolute atomic E-state index is 0.101. The van der Waals surface area contributed by atoms with Crippen molar-refractivity contribution in [2.45, 2.75) is 39.4 Å². The summed E-state index contributed by atoms with van der Waals surface area (Å²) >= 11 is 0. The van der Waals surface area contributed by atoms with Gasteiger partial charge in [0.2, 0.25) is 0 Å². The Balaban J connectivity index is 1.81. The van der Waals surface area contributed by atoms with Crippen LogP contribution in [0.5, 0.6) is 0 Å². The predicted molar refractivity (Wildman–Crippen MR) is 82.2 cm³/mol. The molecular formula is C17H25NO3. The average molecular weight is 291 g/mol. The van der Waals surface area contributed by atoms with Gasteiger partial charge < -0.3 is 14.8 Å². The Morgan fingerprint density at radius 2 is 2.29 bits per heavy atom. The van der Waals surface area contributed by atoms with Crippen molar-refractivity contribution < 1.29 is 14.3 Å². The molecular weight excluding hydrogens is 266 g/mol. The maximum absolute atomic E-state index is 11.9. The van der Waals surface area contributed by atoms with Crippen molar-refractivity contribution in [2.75, 3.05) is 19.7 Å². The van der Waals surface area contributed by atoms with Crippen molar-refractivity contribution in [3.8, 4) is 0 Å². The molecule has 0 aliphatic carbocycles. The van der Waals surface area contributed by atoms with E-state index in [1.54, 1.807) is 6.07 Å². The second-order valence-corrected chi connectivity index (χ2v) is 5.88. The lowest BCUT2D eigenvalue weighted by molar-refractivity contribution is 0.0377. The Bertz CT molecular complexity index is 453. The largest absolute Gasteiger partial charge is 0.459 e. The maximum Gasteiger partial charge on any atom is 0.338 e. The molecule has 1 N–H and O–H groups in total. The molecule has 0 bridgehead atoms. The third-order valence-electron chi connectivity index (χ3n) is 3.53. The third-order valence-corrected chi connectivity index (χ3v) is 3.53. The van der Waals surface area contributed by atoms with Gasteiger partial charge >= 0.3 is 5.97 Å². The number of nitrogens with one attached hydrogen (secondary N) is 1. The van der Waals surface area contributed by atoms with Crippen LogP contribution in [0.4, 0.5) is 0 Å². The SMILES string of the molecule is CC(C)OC(=O)c1cccc(COCC2CCCNC2)c1. The highest BCUT2D eigenvalue weighted by Crippen LogP contribution is 2.13. The lowest BCUT2D eigenvalue weighted by Gasteiger charge is -2.22. The molecule has 0 spiro atoms. The van der Waals surface area contributed by atoms with Crippen molar-refractivity contribution in [3.63, 3.8) is 0 Å². The first-order chi connectivity index (χ1) is 10.1. The minimum Gasteiger partial charge on any atom is -0.459 e. The first kappa shape index (κ1) is 16.0. The molecule has 1 atom stereocenters. The van der Waals surface area contributed by atoms with Crippen LogP contribution in [0.15, 0.2) is 24.3 Å². The van der Waals surface area contributed by atoms with Gasteiger partial charge in [-0.15, -0.1) is 0 Å². The fourth-order valence-electron chi connectivity index (χ4n) is 2.48. The molecule has 0 saturated carbocycles. The van der Waals surface area contributed by atoms with Crippen LogP contribution in [0.2, 0.25) is 0 Å². The quantitative estimate of drug-likeness (QED) is 0.819. The fourth-order valence-corrected chi connectivity index (χ4v) is 2.48. The van der Waals surface area contributed by atoms with Crippen LogP contribution < -0.4 is 5.32 Å². The Kier molecular flexibility index (Phi) is 6.21. The molecule has 1 aliphatic heterocycles. The van der Waals surface area contributed by atoms with Gasteiger partial charge in [0.25, 0.3) is 0 Å². The van der Waals surface area contributed by atoms with Crippen LogP contribution >= 0.6 is 0 Å². The summed E-state index contributed by atoms with van der Waals surface area (Å²) in [5.74, 6) is 0.330. The summed E-state index contributed by atoms with van der Waals surface area (Å²) in [6.07, 6.45) is 2.36. The first-order valence-corrected chi connectivity index (χ1v) is 7.73. The van der Waals surface area contributed by atoms with Gasteiger partial charge in [-0.1, -0.05) is 12.1 Å². The molecule has 1 saturated heterocycles. The summed E-state index contributed by atoms with van der Waals surface area (Å²) in [7, 11) is 0. The van der Waals surface area contributed by atoms with E-state index in [4.69, 9.17) is 9.47 Å². The van der Waals surface area contributed by atoms with Crippen LogP contribution in [-0.4, -0.2) is 31.8 Å². The van der Waals surface area contributed by atoms with Gasteiger partial charge in [0.05, 0.1) is 24.9 Å².